The number of methoxy groups -OCH3 is 1. The molecule has 3 nitrogen and oxygen atoms in total. The minimum atomic E-state index is 0.358. The first-order chi connectivity index (χ1) is 7.69. The Labute approximate surface area is 105 Å². The Morgan fingerprint density at radius 3 is 3.12 bits per heavy atom. The van der Waals surface area contributed by atoms with E-state index in [1.807, 2.05) is 6.20 Å². The minimum Gasteiger partial charge on any atom is -0.380 e. The van der Waals surface area contributed by atoms with Crippen molar-refractivity contribution in [2.45, 2.75) is 26.0 Å². The fourth-order valence-electron chi connectivity index (χ4n) is 2.13. The summed E-state index contributed by atoms with van der Waals surface area (Å²) in [6, 6.07) is 0. The molecule has 0 N–H and O–H groups in total. The lowest BCUT2D eigenvalue weighted by Gasteiger charge is -2.35. The monoisotopic (exact) mass is 260 g/mol. The second-order valence-corrected chi connectivity index (χ2v) is 6.05. The van der Waals surface area contributed by atoms with Crippen LogP contribution in [0.25, 0.3) is 0 Å². The van der Waals surface area contributed by atoms with Gasteiger partial charge in [-0.1, -0.05) is 18.5 Å². The van der Waals surface area contributed by atoms with Crippen LogP contribution in [0.15, 0.2) is 6.20 Å². The average molecular weight is 261 g/mol. The molecular weight excluding hydrogens is 244 g/mol. The minimum absolute atomic E-state index is 0.358. The van der Waals surface area contributed by atoms with Gasteiger partial charge in [0, 0.05) is 31.3 Å². The SMILES string of the molecule is COC1CN(Cc2cnc(Cl)s2)CCC1C. The molecule has 0 bridgehead atoms. The van der Waals surface area contributed by atoms with Crippen molar-refractivity contribution in [3.05, 3.63) is 15.5 Å². The highest BCUT2D eigenvalue weighted by Gasteiger charge is 2.26. The summed E-state index contributed by atoms with van der Waals surface area (Å²) in [6.45, 7) is 5.34. The van der Waals surface area contributed by atoms with E-state index in [0.717, 1.165) is 19.6 Å². The number of nitrogens with zero attached hydrogens (tertiary/aromatic N) is 2. The van der Waals surface area contributed by atoms with Gasteiger partial charge in [-0.05, 0) is 18.9 Å². The molecule has 5 heteroatoms. The maximum Gasteiger partial charge on any atom is 0.183 e. The molecule has 2 rings (SSSR count). The van der Waals surface area contributed by atoms with E-state index in [-0.39, 0.29) is 0 Å². The molecule has 2 atom stereocenters. The molecule has 1 aromatic heterocycles. The normalized spacial score (nSPS) is 27.2. The number of likely N-dealkylation sites (tertiary alicyclic amines) is 1. The van der Waals surface area contributed by atoms with Gasteiger partial charge in [-0.2, -0.15) is 0 Å². The van der Waals surface area contributed by atoms with E-state index in [4.69, 9.17) is 16.3 Å². The Morgan fingerprint density at radius 2 is 2.50 bits per heavy atom. The van der Waals surface area contributed by atoms with Crippen molar-refractivity contribution in [1.29, 1.82) is 0 Å². The van der Waals surface area contributed by atoms with Crippen LogP contribution in [0, 0.1) is 5.92 Å². The Hall–Kier alpha value is -0.160. The van der Waals surface area contributed by atoms with Gasteiger partial charge in [-0.3, -0.25) is 4.90 Å². The van der Waals surface area contributed by atoms with Crippen molar-refractivity contribution < 1.29 is 4.74 Å². The van der Waals surface area contributed by atoms with Crippen LogP contribution in [0.1, 0.15) is 18.2 Å². The van der Waals surface area contributed by atoms with E-state index >= 15 is 0 Å². The Balaban J connectivity index is 1.91. The van der Waals surface area contributed by atoms with E-state index in [1.54, 1.807) is 18.4 Å². The maximum absolute atomic E-state index is 5.82. The van der Waals surface area contributed by atoms with E-state index in [0.29, 0.717) is 16.5 Å². The summed E-state index contributed by atoms with van der Waals surface area (Å²) in [4.78, 5) is 7.71. The molecule has 90 valence electrons. The second-order valence-electron chi connectivity index (χ2n) is 4.35. The first-order valence-corrected chi connectivity index (χ1v) is 6.74. The largest absolute Gasteiger partial charge is 0.380 e. The molecule has 1 saturated heterocycles. The van der Waals surface area contributed by atoms with Crippen LogP contribution in [-0.4, -0.2) is 36.2 Å². The highest BCUT2D eigenvalue weighted by molar-refractivity contribution is 7.15. The van der Waals surface area contributed by atoms with Crippen molar-refractivity contribution in [3.63, 3.8) is 0 Å². The Morgan fingerprint density at radius 1 is 1.69 bits per heavy atom. The summed E-state index contributed by atoms with van der Waals surface area (Å²) in [6.07, 6.45) is 3.43. The van der Waals surface area contributed by atoms with Gasteiger partial charge in [0.1, 0.15) is 0 Å². The third-order valence-electron chi connectivity index (χ3n) is 3.18. The second kappa shape index (κ2) is 5.45. The van der Waals surface area contributed by atoms with Gasteiger partial charge in [0.2, 0.25) is 0 Å². The van der Waals surface area contributed by atoms with Crippen molar-refractivity contribution in [1.82, 2.24) is 9.88 Å². The van der Waals surface area contributed by atoms with Gasteiger partial charge in [0.05, 0.1) is 6.10 Å². The summed E-state index contributed by atoms with van der Waals surface area (Å²) >= 11 is 7.38. The zero-order chi connectivity index (χ0) is 11.5. The molecule has 2 heterocycles. The van der Waals surface area contributed by atoms with Crippen LogP contribution in [0.4, 0.5) is 0 Å². The Kier molecular flexibility index (Phi) is 4.19. The summed E-state index contributed by atoms with van der Waals surface area (Å²) in [5.74, 6) is 0.659. The summed E-state index contributed by atoms with van der Waals surface area (Å²) < 4.78 is 6.12. The van der Waals surface area contributed by atoms with Crippen LogP contribution >= 0.6 is 22.9 Å². The molecule has 2 unspecified atom stereocenters. The number of thiazole rings is 1. The molecule has 1 fully saturated rings. The first-order valence-electron chi connectivity index (χ1n) is 5.54. The third kappa shape index (κ3) is 2.94. The molecule has 16 heavy (non-hydrogen) atoms. The molecule has 0 amide bonds. The quantitative estimate of drug-likeness (QED) is 0.836. The topological polar surface area (TPSA) is 25.4 Å². The lowest BCUT2D eigenvalue weighted by atomic mass is 9.96. The number of ether oxygens (including phenoxy) is 1. The number of rotatable bonds is 3. The van der Waals surface area contributed by atoms with Crippen LogP contribution in [0.3, 0.4) is 0 Å². The number of hydrogen-bond acceptors (Lipinski definition) is 4. The molecule has 1 aliphatic heterocycles. The van der Waals surface area contributed by atoms with Crippen molar-refractivity contribution in [2.24, 2.45) is 5.92 Å². The predicted molar refractivity (Wildman–Crippen MR) is 67.0 cm³/mol. The number of hydrogen-bond donors (Lipinski definition) is 0. The van der Waals surface area contributed by atoms with Gasteiger partial charge in [-0.15, -0.1) is 11.3 Å². The molecule has 0 aromatic carbocycles. The third-order valence-corrected chi connectivity index (χ3v) is 4.28. The molecule has 1 aliphatic rings. The summed E-state index contributed by atoms with van der Waals surface area (Å²) in [7, 11) is 1.80. The summed E-state index contributed by atoms with van der Waals surface area (Å²) in [5, 5.41) is 0. The lowest BCUT2D eigenvalue weighted by molar-refractivity contribution is -0.00717. The zero-order valence-corrected chi connectivity index (χ0v) is 11.2. The number of piperidine rings is 1. The molecule has 1 aromatic rings. The van der Waals surface area contributed by atoms with Gasteiger partial charge in [-0.25, -0.2) is 4.98 Å². The fourth-order valence-corrected chi connectivity index (χ4v) is 3.15. The highest BCUT2D eigenvalue weighted by Crippen LogP contribution is 2.24. The number of halogens is 1. The van der Waals surface area contributed by atoms with Crippen LogP contribution in [0.2, 0.25) is 4.47 Å². The van der Waals surface area contributed by atoms with Gasteiger partial charge in [0.15, 0.2) is 4.47 Å². The van der Waals surface area contributed by atoms with Gasteiger partial charge >= 0.3 is 0 Å². The maximum atomic E-state index is 5.82. The van der Waals surface area contributed by atoms with Crippen molar-refractivity contribution in [2.75, 3.05) is 20.2 Å². The molecule has 0 radical (unpaired) electrons. The van der Waals surface area contributed by atoms with Crippen LogP contribution in [-0.2, 0) is 11.3 Å². The lowest BCUT2D eigenvalue weighted by Crippen LogP contribution is -2.43. The standard InChI is InChI=1S/C11H17ClN2OS/c1-8-3-4-14(7-10(8)15-2)6-9-5-13-11(12)16-9/h5,8,10H,3-4,6-7H2,1-2H3. The van der Waals surface area contributed by atoms with E-state index in [2.05, 4.69) is 16.8 Å². The van der Waals surface area contributed by atoms with Crippen LogP contribution < -0.4 is 0 Å². The average Bonchev–Trinajstić information content (AvgIpc) is 2.67. The van der Waals surface area contributed by atoms with Crippen LogP contribution in [0.5, 0.6) is 0 Å². The van der Waals surface area contributed by atoms with Crippen molar-refractivity contribution >= 4 is 22.9 Å². The zero-order valence-electron chi connectivity index (χ0n) is 9.65. The molecule has 0 spiro atoms. The fraction of sp³-hybridized carbons (Fsp3) is 0.727. The van der Waals surface area contributed by atoms with Gasteiger partial charge in [0.25, 0.3) is 0 Å². The first kappa shape index (κ1) is 12.3. The van der Waals surface area contributed by atoms with E-state index in [1.165, 1.54) is 11.3 Å². The Bertz CT molecular complexity index is 344. The van der Waals surface area contributed by atoms with Gasteiger partial charge < -0.3 is 4.74 Å². The predicted octanol–water partition coefficient (Wildman–Crippen LogP) is 2.65. The number of aromatic nitrogens is 1. The molecular formula is C11H17ClN2OS. The molecule has 0 saturated carbocycles. The smallest absolute Gasteiger partial charge is 0.183 e. The highest BCUT2D eigenvalue weighted by atomic mass is 35.5. The summed E-state index contributed by atoms with van der Waals surface area (Å²) in [5.41, 5.74) is 0. The van der Waals surface area contributed by atoms with E-state index < -0.39 is 0 Å². The van der Waals surface area contributed by atoms with Crippen molar-refractivity contribution in [3.8, 4) is 0 Å². The van der Waals surface area contributed by atoms with E-state index in [9.17, 15) is 0 Å². The molecule has 0 aliphatic carbocycles.